The fourth-order valence-corrected chi connectivity index (χ4v) is 2.50. The Morgan fingerprint density at radius 1 is 1.30 bits per heavy atom. The number of anilines is 2. The molecule has 0 fully saturated rings. The smallest absolute Gasteiger partial charge is 0.269 e. The number of carbonyl (C=O) groups is 1. The highest BCUT2D eigenvalue weighted by Crippen LogP contribution is 2.34. The molecule has 2 aromatic rings. The van der Waals surface area contributed by atoms with Crippen LogP contribution in [0.4, 0.5) is 11.6 Å². The molecule has 1 amide bonds. The summed E-state index contributed by atoms with van der Waals surface area (Å²) in [5.41, 5.74) is 7.23. The Balaban J connectivity index is 1.96. The molecule has 0 bridgehead atoms. The second kappa shape index (κ2) is 5.97. The molecule has 1 atom stereocenters. The Morgan fingerprint density at radius 3 is 2.70 bits per heavy atom. The number of pyridine rings is 1. The highest BCUT2D eigenvalue weighted by molar-refractivity contribution is 5.99. The largest absolute Gasteiger partial charge is 0.477 e. The van der Waals surface area contributed by atoms with Gasteiger partial charge in [0, 0.05) is 0 Å². The Hall–Kier alpha value is -3.07. The second-order valence-corrected chi connectivity index (χ2v) is 5.31. The monoisotopic (exact) mass is 308 g/mol. The normalized spacial score (nSPS) is 16.4. The lowest BCUT2D eigenvalue weighted by Gasteiger charge is -2.33. The van der Waals surface area contributed by atoms with E-state index in [1.165, 1.54) is 0 Å². The minimum atomic E-state index is -0.522. The minimum absolute atomic E-state index is 0.137. The van der Waals surface area contributed by atoms with Crippen LogP contribution in [0.5, 0.6) is 5.75 Å². The summed E-state index contributed by atoms with van der Waals surface area (Å²) in [5, 5.41) is 8.86. The summed E-state index contributed by atoms with van der Waals surface area (Å²) in [6, 6.07) is 12.6. The Bertz CT molecular complexity index is 780. The van der Waals surface area contributed by atoms with Gasteiger partial charge in [-0.15, -0.1) is 0 Å². The molecule has 1 aromatic carbocycles. The second-order valence-electron chi connectivity index (χ2n) is 5.31. The van der Waals surface area contributed by atoms with E-state index in [1.54, 1.807) is 29.2 Å². The molecule has 2 heterocycles. The van der Waals surface area contributed by atoms with Gasteiger partial charge in [-0.2, -0.15) is 5.26 Å². The van der Waals surface area contributed by atoms with Crippen molar-refractivity contribution in [3.8, 4) is 11.8 Å². The van der Waals surface area contributed by atoms with Gasteiger partial charge in [-0.3, -0.25) is 9.69 Å². The summed E-state index contributed by atoms with van der Waals surface area (Å²) in [6.45, 7) is 2.26. The fraction of sp³-hybridized carbons (Fsp3) is 0.235. The zero-order valence-electron chi connectivity index (χ0n) is 12.7. The molecule has 1 aliphatic heterocycles. The molecule has 116 valence electrons. The molecule has 2 N–H and O–H groups in total. The van der Waals surface area contributed by atoms with E-state index in [-0.39, 0.29) is 5.91 Å². The molecule has 0 aliphatic carbocycles. The summed E-state index contributed by atoms with van der Waals surface area (Å²) in [6.07, 6.45) is 0.0540. The van der Waals surface area contributed by atoms with Crippen molar-refractivity contribution in [2.24, 2.45) is 0 Å². The minimum Gasteiger partial charge on any atom is -0.477 e. The van der Waals surface area contributed by atoms with Crippen LogP contribution in [0.25, 0.3) is 0 Å². The number of nitriles is 1. The van der Waals surface area contributed by atoms with Crippen LogP contribution in [0.2, 0.25) is 0 Å². The first-order chi connectivity index (χ1) is 11.1. The third kappa shape index (κ3) is 2.81. The van der Waals surface area contributed by atoms with Crippen LogP contribution in [-0.4, -0.2) is 17.0 Å². The predicted octanol–water partition coefficient (Wildman–Crippen LogP) is 2.24. The number of benzene rings is 1. The van der Waals surface area contributed by atoms with E-state index >= 15 is 0 Å². The van der Waals surface area contributed by atoms with E-state index in [4.69, 9.17) is 15.7 Å². The van der Waals surface area contributed by atoms with Gasteiger partial charge in [0.25, 0.3) is 5.91 Å². The van der Waals surface area contributed by atoms with Gasteiger partial charge in [-0.1, -0.05) is 19.1 Å². The number of nitrogens with zero attached hydrogens (tertiary/aromatic N) is 3. The maximum Gasteiger partial charge on any atom is 0.269 e. The van der Waals surface area contributed by atoms with Crippen LogP contribution < -0.4 is 15.4 Å². The SMILES string of the molecule is CCC1Oc2ccc(N)nc2N(Cc2ccc(C#N)cc2)C1=O. The zero-order valence-corrected chi connectivity index (χ0v) is 12.7. The van der Waals surface area contributed by atoms with Crippen LogP contribution in [0, 0.1) is 11.3 Å². The molecular formula is C17H16N4O2. The van der Waals surface area contributed by atoms with Crippen molar-refractivity contribution < 1.29 is 9.53 Å². The highest BCUT2D eigenvalue weighted by atomic mass is 16.5. The Morgan fingerprint density at radius 2 is 2.04 bits per heavy atom. The number of fused-ring (bicyclic) bond motifs is 1. The van der Waals surface area contributed by atoms with Crippen LogP contribution in [0.3, 0.4) is 0 Å². The molecule has 23 heavy (non-hydrogen) atoms. The molecule has 0 saturated carbocycles. The number of hydrogen-bond donors (Lipinski definition) is 1. The van der Waals surface area contributed by atoms with Crippen molar-refractivity contribution in [1.82, 2.24) is 4.98 Å². The lowest BCUT2D eigenvalue weighted by atomic mass is 10.1. The number of rotatable bonds is 3. The van der Waals surface area contributed by atoms with Gasteiger partial charge in [0.05, 0.1) is 18.2 Å². The van der Waals surface area contributed by atoms with Crippen LogP contribution in [0.1, 0.15) is 24.5 Å². The molecule has 1 aliphatic rings. The Kier molecular flexibility index (Phi) is 3.85. The van der Waals surface area contributed by atoms with Crippen molar-refractivity contribution >= 4 is 17.5 Å². The van der Waals surface area contributed by atoms with E-state index in [0.29, 0.717) is 35.9 Å². The fourth-order valence-electron chi connectivity index (χ4n) is 2.50. The lowest BCUT2D eigenvalue weighted by Crippen LogP contribution is -2.45. The van der Waals surface area contributed by atoms with E-state index in [1.807, 2.05) is 19.1 Å². The molecule has 6 heteroatoms. The first-order valence-corrected chi connectivity index (χ1v) is 7.36. The number of ether oxygens (including phenoxy) is 1. The van der Waals surface area contributed by atoms with Crippen molar-refractivity contribution in [3.05, 3.63) is 47.5 Å². The number of aromatic nitrogens is 1. The third-order valence-corrected chi connectivity index (χ3v) is 3.72. The van der Waals surface area contributed by atoms with Crippen LogP contribution >= 0.6 is 0 Å². The standard InChI is InChI=1S/C17H16N4O2/c1-2-13-17(22)21(10-12-5-3-11(9-18)4-6-12)16-14(23-13)7-8-15(19)20-16/h3-8,13H,2,10H2,1H3,(H2,19,20). The van der Waals surface area contributed by atoms with Crippen LogP contribution in [-0.2, 0) is 11.3 Å². The van der Waals surface area contributed by atoms with E-state index in [2.05, 4.69) is 11.1 Å². The molecular weight excluding hydrogens is 292 g/mol. The molecule has 3 rings (SSSR count). The number of hydrogen-bond acceptors (Lipinski definition) is 5. The average molecular weight is 308 g/mol. The zero-order chi connectivity index (χ0) is 16.4. The molecule has 6 nitrogen and oxygen atoms in total. The molecule has 1 aromatic heterocycles. The van der Waals surface area contributed by atoms with E-state index in [9.17, 15) is 4.79 Å². The number of nitrogens with two attached hydrogens (primary N) is 1. The summed E-state index contributed by atoms with van der Waals surface area (Å²) in [7, 11) is 0. The summed E-state index contributed by atoms with van der Waals surface area (Å²) >= 11 is 0. The summed E-state index contributed by atoms with van der Waals surface area (Å²) in [4.78, 5) is 18.5. The van der Waals surface area contributed by atoms with Crippen molar-refractivity contribution in [1.29, 1.82) is 5.26 Å². The predicted molar refractivity (Wildman–Crippen MR) is 85.7 cm³/mol. The number of amides is 1. The molecule has 0 radical (unpaired) electrons. The van der Waals surface area contributed by atoms with Gasteiger partial charge in [-0.05, 0) is 36.2 Å². The van der Waals surface area contributed by atoms with Crippen molar-refractivity contribution in [2.45, 2.75) is 26.0 Å². The maximum atomic E-state index is 12.6. The molecule has 0 spiro atoms. The number of carbonyl (C=O) groups excluding carboxylic acids is 1. The first-order valence-electron chi connectivity index (χ1n) is 7.36. The maximum absolute atomic E-state index is 12.6. The third-order valence-electron chi connectivity index (χ3n) is 3.72. The van der Waals surface area contributed by atoms with Gasteiger partial charge < -0.3 is 10.5 Å². The van der Waals surface area contributed by atoms with E-state index in [0.717, 1.165) is 5.56 Å². The molecule has 0 saturated heterocycles. The van der Waals surface area contributed by atoms with Gasteiger partial charge >= 0.3 is 0 Å². The highest BCUT2D eigenvalue weighted by Gasteiger charge is 2.34. The van der Waals surface area contributed by atoms with Crippen LogP contribution in [0.15, 0.2) is 36.4 Å². The lowest BCUT2D eigenvalue weighted by molar-refractivity contribution is -0.126. The topological polar surface area (TPSA) is 92.2 Å². The summed E-state index contributed by atoms with van der Waals surface area (Å²) < 4.78 is 5.70. The van der Waals surface area contributed by atoms with Gasteiger partial charge in [0.1, 0.15) is 5.82 Å². The quantitative estimate of drug-likeness (QED) is 0.938. The number of nitrogen functional groups attached to an aromatic ring is 1. The molecule has 1 unspecified atom stereocenters. The first kappa shape index (κ1) is 14.9. The van der Waals surface area contributed by atoms with Crippen molar-refractivity contribution in [3.63, 3.8) is 0 Å². The van der Waals surface area contributed by atoms with Gasteiger partial charge in [0.15, 0.2) is 17.7 Å². The van der Waals surface area contributed by atoms with Gasteiger partial charge in [-0.25, -0.2) is 4.98 Å². The van der Waals surface area contributed by atoms with E-state index < -0.39 is 6.10 Å². The van der Waals surface area contributed by atoms with Crippen molar-refractivity contribution in [2.75, 3.05) is 10.6 Å². The van der Waals surface area contributed by atoms with Gasteiger partial charge in [0.2, 0.25) is 0 Å². The summed E-state index contributed by atoms with van der Waals surface area (Å²) in [5.74, 6) is 1.19. The average Bonchev–Trinajstić information content (AvgIpc) is 2.58. The Labute approximate surface area is 134 Å².